The second-order valence-corrected chi connectivity index (χ2v) is 13.8. The van der Waals surface area contributed by atoms with E-state index >= 15 is 0 Å². The monoisotopic (exact) mass is 688 g/mol. The van der Waals surface area contributed by atoms with E-state index in [1.165, 1.54) is 71.6 Å². The van der Waals surface area contributed by atoms with Crippen molar-refractivity contribution in [1.29, 1.82) is 0 Å². The lowest BCUT2D eigenvalue weighted by Gasteiger charge is -2.26. The van der Waals surface area contributed by atoms with Gasteiger partial charge in [0.05, 0.1) is 11.0 Å². The number of hydrogen-bond donors (Lipinski definition) is 0. The summed E-state index contributed by atoms with van der Waals surface area (Å²) in [5.41, 5.74) is 14.2. The van der Waals surface area contributed by atoms with E-state index in [9.17, 15) is 0 Å². The first-order chi connectivity index (χ1) is 26.8. The zero-order valence-electron chi connectivity index (χ0n) is 29.7. The lowest BCUT2D eigenvalue weighted by Crippen LogP contribution is -2.09. The van der Waals surface area contributed by atoms with Gasteiger partial charge in [-0.05, 0) is 111 Å². The molecule has 10 rings (SSSR count). The van der Waals surface area contributed by atoms with E-state index < -0.39 is 0 Å². The molecule has 1 aromatic heterocycles. The Hall–Kier alpha value is -7.16. The van der Waals surface area contributed by atoms with Crippen LogP contribution in [0.1, 0.15) is 0 Å². The lowest BCUT2D eigenvalue weighted by molar-refractivity contribution is 1.18. The maximum absolute atomic E-state index is 2.36. The molecule has 0 bridgehead atoms. The third kappa shape index (κ3) is 5.71. The first-order valence-electron chi connectivity index (χ1n) is 18.5. The minimum absolute atomic E-state index is 1.11. The smallest absolute Gasteiger partial charge is 0.0541 e. The highest BCUT2D eigenvalue weighted by atomic mass is 15.1. The van der Waals surface area contributed by atoms with Crippen LogP contribution in [0.25, 0.3) is 71.6 Å². The van der Waals surface area contributed by atoms with Crippen molar-refractivity contribution >= 4 is 49.6 Å². The molecule has 0 amide bonds. The van der Waals surface area contributed by atoms with Crippen LogP contribution < -0.4 is 4.90 Å². The molecule has 0 saturated heterocycles. The number of anilines is 3. The van der Waals surface area contributed by atoms with Crippen LogP contribution in [0.2, 0.25) is 0 Å². The number of aromatic nitrogens is 1. The van der Waals surface area contributed by atoms with Gasteiger partial charge in [0.15, 0.2) is 0 Å². The molecule has 2 nitrogen and oxygen atoms in total. The zero-order valence-corrected chi connectivity index (χ0v) is 29.7. The lowest BCUT2D eigenvalue weighted by atomic mass is 9.99. The van der Waals surface area contributed by atoms with Gasteiger partial charge in [-0.3, -0.25) is 0 Å². The van der Waals surface area contributed by atoms with Crippen LogP contribution in [0.3, 0.4) is 0 Å². The van der Waals surface area contributed by atoms with E-state index in [0.29, 0.717) is 0 Å². The second-order valence-electron chi connectivity index (χ2n) is 13.8. The molecule has 254 valence electrons. The SMILES string of the molecule is c1ccc(N(c2ccc(-c3ccc(-c4ccc(-n5c6ccccc6c6ccccc65)cc4)cc3)cc2)c2ccc(-c3ccc4ccccc4c3)cc2)cc1. The van der Waals surface area contributed by atoms with Gasteiger partial charge in [-0.1, -0.05) is 152 Å². The molecule has 0 unspecified atom stereocenters. The van der Waals surface area contributed by atoms with E-state index in [1.807, 2.05) is 0 Å². The highest BCUT2D eigenvalue weighted by Gasteiger charge is 2.14. The molecule has 0 aliphatic heterocycles. The van der Waals surface area contributed by atoms with Crippen molar-refractivity contribution in [2.24, 2.45) is 0 Å². The molecule has 0 atom stereocenters. The molecule has 0 radical (unpaired) electrons. The summed E-state index contributed by atoms with van der Waals surface area (Å²) in [4.78, 5) is 2.32. The number of benzene rings is 9. The quantitative estimate of drug-likeness (QED) is 0.162. The molecule has 0 N–H and O–H groups in total. The fraction of sp³-hybridized carbons (Fsp3) is 0. The van der Waals surface area contributed by atoms with Crippen molar-refractivity contribution in [1.82, 2.24) is 4.57 Å². The Morgan fingerprint density at radius 1 is 0.278 bits per heavy atom. The van der Waals surface area contributed by atoms with Gasteiger partial charge in [-0.15, -0.1) is 0 Å². The van der Waals surface area contributed by atoms with E-state index in [2.05, 4.69) is 228 Å². The van der Waals surface area contributed by atoms with Crippen LogP contribution in [-0.4, -0.2) is 4.57 Å². The van der Waals surface area contributed by atoms with Crippen molar-refractivity contribution in [2.45, 2.75) is 0 Å². The van der Waals surface area contributed by atoms with Crippen LogP contribution in [0.5, 0.6) is 0 Å². The average molecular weight is 689 g/mol. The van der Waals surface area contributed by atoms with Gasteiger partial charge in [-0.25, -0.2) is 0 Å². The van der Waals surface area contributed by atoms with Crippen LogP contribution >= 0.6 is 0 Å². The van der Waals surface area contributed by atoms with Gasteiger partial charge in [0.2, 0.25) is 0 Å². The average Bonchev–Trinajstić information content (AvgIpc) is 3.59. The maximum atomic E-state index is 2.36. The Morgan fingerprint density at radius 3 is 1.22 bits per heavy atom. The highest BCUT2D eigenvalue weighted by Crippen LogP contribution is 2.38. The molecule has 9 aromatic carbocycles. The van der Waals surface area contributed by atoms with Crippen LogP contribution in [0.4, 0.5) is 17.1 Å². The summed E-state index contributed by atoms with van der Waals surface area (Å²) in [5, 5.41) is 5.07. The summed E-state index contributed by atoms with van der Waals surface area (Å²) >= 11 is 0. The predicted molar refractivity (Wildman–Crippen MR) is 229 cm³/mol. The molecule has 54 heavy (non-hydrogen) atoms. The largest absolute Gasteiger partial charge is 0.311 e. The Morgan fingerprint density at radius 2 is 0.667 bits per heavy atom. The number of nitrogens with zero attached hydrogens (tertiary/aromatic N) is 2. The molecular weight excluding hydrogens is 653 g/mol. The van der Waals surface area contributed by atoms with Gasteiger partial charge >= 0.3 is 0 Å². The van der Waals surface area contributed by atoms with E-state index in [4.69, 9.17) is 0 Å². The molecule has 0 spiro atoms. The summed E-state index contributed by atoms with van der Waals surface area (Å²) in [7, 11) is 0. The second kappa shape index (κ2) is 13.4. The molecular formula is C52H36N2. The number of rotatable bonds is 7. The highest BCUT2D eigenvalue weighted by molar-refractivity contribution is 6.09. The molecule has 0 aliphatic carbocycles. The molecule has 10 aromatic rings. The minimum atomic E-state index is 1.11. The van der Waals surface area contributed by atoms with Gasteiger partial charge in [0.25, 0.3) is 0 Å². The van der Waals surface area contributed by atoms with Crippen molar-refractivity contribution in [3.8, 4) is 39.1 Å². The topological polar surface area (TPSA) is 8.17 Å². The van der Waals surface area contributed by atoms with E-state index in [1.54, 1.807) is 0 Å². The van der Waals surface area contributed by atoms with E-state index in [-0.39, 0.29) is 0 Å². The molecule has 0 saturated carbocycles. The summed E-state index contributed by atoms with van der Waals surface area (Å²) in [6.45, 7) is 0. The van der Waals surface area contributed by atoms with Crippen molar-refractivity contribution in [3.05, 3.63) is 218 Å². The number of hydrogen-bond acceptors (Lipinski definition) is 1. The Bertz CT molecular complexity index is 2830. The Labute approximate surface area is 315 Å². The third-order valence-electron chi connectivity index (χ3n) is 10.6. The Balaban J connectivity index is 0.907. The first-order valence-corrected chi connectivity index (χ1v) is 18.5. The van der Waals surface area contributed by atoms with Gasteiger partial charge < -0.3 is 9.47 Å². The fourth-order valence-corrected chi connectivity index (χ4v) is 7.86. The van der Waals surface area contributed by atoms with Crippen molar-refractivity contribution in [3.63, 3.8) is 0 Å². The summed E-state index contributed by atoms with van der Waals surface area (Å²) in [6, 6.07) is 78.7. The normalized spacial score (nSPS) is 11.3. The Kier molecular flexibility index (Phi) is 7.85. The number of fused-ring (bicyclic) bond motifs is 4. The summed E-state index contributed by atoms with van der Waals surface area (Å²) < 4.78 is 2.36. The van der Waals surface area contributed by atoms with Crippen molar-refractivity contribution in [2.75, 3.05) is 4.90 Å². The van der Waals surface area contributed by atoms with Gasteiger partial charge in [0, 0.05) is 33.5 Å². The molecule has 1 heterocycles. The zero-order chi connectivity index (χ0) is 35.8. The standard InChI is InChI=1S/C52H36N2/c1-2-12-45(13-3-1)53(47-32-28-42(29-33-47)44-23-22-37-10-4-5-11-43(37)36-44)46-30-24-40(25-31-46)38-18-20-39(21-19-38)41-26-34-48(35-27-41)54-51-16-8-6-14-49(51)50-15-7-9-17-52(50)54/h1-36H. The maximum Gasteiger partial charge on any atom is 0.0541 e. The first kappa shape index (κ1) is 31.6. The van der Waals surface area contributed by atoms with Gasteiger partial charge in [0.1, 0.15) is 0 Å². The fourth-order valence-electron chi connectivity index (χ4n) is 7.86. The molecule has 0 aliphatic rings. The van der Waals surface area contributed by atoms with Crippen LogP contribution in [0.15, 0.2) is 218 Å². The predicted octanol–water partition coefficient (Wildman–Crippen LogP) is 14.4. The molecule has 0 fully saturated rings. The third-order valence-corrected chi connectivity index (χ3v) is 10.6. The number of para-hydroxylation sites is 3. The minimum Gasteiger partial charge on any atom is -0.311 e. The van der Waals surface area contributed by atoms with Crippen LogP contribution in [0, 0.1) is 0 Å². The van der Waals surface area contributed by atoms with Gasteiger partial charge in [-0.2, -0.15) is 0 Å². The van der Waals surface area contributed by atoms with Crippen LogP contribution in [-0.2, 0) is 0 Å². The van der Waals surface area contributed by atoms with Crippen molar-refractivity contribution < 1.29 is 0 Å². The molecule has 2 heteroatoms. The summed E-state index contributed by atoms with van der Waals surface area (Å²) in [6.07, 6.45) is 0. The summed E-state index contributed by atoms with van der Waals surface area (Å²) in [5.74, 6) is 0. The van der Waals surface area contributed by atoms with E-state index in [0.717, 1.165) is 17.1 Å².